The highest BCUT2D eigenvalue weighted by atomic mass is 32.3. The number of alkyl halides is 3. The number of unbranched alkanes of at least 4 members (excludes halogenated alkanes) is 1. The Hall–Kier alpha value is -1.06. The van der Waals surface area contributed by atoms with Crippen LogP contribution in [0.15, 0.2) is 24.3 Å². The van der Waals surface area contributed by atoms with Crippen LogP contribution in [0.5, 0.6) is 0 Å². The lowest BCUT2D eigenvalue weighted by atomic mass is 10.1. The zero-order valence-electron chi connectivity index (χ0n) is 13.7. The van der Waals surface area contributed by atoms with Gasteiger partial charge in [-0.3, -0.25) is 4.79 Å². The van der Waals surface area contributed by atoms with E-state index < -0.39 is 38.0 Å². The zero-order valence-corrected chi connectivity index (χ0v) is 15.4. The molecule has 0 aliphatic heterocycles. The van der Waals surface area contributed by atoms with E-state index in [1.807, 2.05) is 6.92 Å². The van der Waals surface area contributed by atoms with E-state index in [1.54, 1.807) is 12.5 Å². The van der Waals surface area contributed by atoms with Crippen LogP contribution in [0.3, 0.4) is 0 Å². The van der Waals surface area contributed by atoms with Gasteiger partial charge in [-0.15, -0.1) is 10.3 Å². The number of Topliss-reactive ketones (excluding diaryl/α,β-unsaturated/α-hetero) is 1. The molecule has 0 aliphatic carbocycles. The van der Waals surface area contributed by atoms with Crippen LogP contribution in [0, 0.1) is 0 Å². The van der Waals surface area contributed by atoms with E-state index in [0.717, 1.165) is 24.3 Å². The minimum atomic E-state index is -4.47. The lowest BCUT2D eigenvalue weighted by Crippen LogP contribution is -2.20. The average molecular weight is 386 g/mol. The molecule has 24 heavy (non-hydrogen) atoms. The minimum absolute atomic E-state index is 0.0955. The van der Waals surface area contributed by atoms with Crippen molar-refractivity contribution in [2.45, 2.75) is 25.9 Å². The first kappa shape index (κ1) is 21.0. The highest BCUT2D eigenvalue weighted by molar-refractivity contribution is 8.32. The minimum Gasteiger partial charge on any atom is -0.293 e. The summed E-state index contributed by atoms with van der Waals surface area (Å²) in [5, 5.41) is 0. The molecule has 0 spiro atoms. The molecule has 0 aromatic heterocycles. The van der Waals surface area contributed by atoms with Crippen molar-refractivity contribution in [3.05, 3.63) is 35.4 Å². The molecule has 138 valence electrons. The Kier molecular flexibility index (Phi) is 6.89. The van der Waals surface area contributed by atoms with Gasteiger partial charge in [0.1, 0.15) is 0 Å². The quantitative estimate of drug-likeness (QED) is 0.633. The molecule has 0 N–H and O–H groups in total. The molecule has 1 rings (SSSR count). The molecular weight excluding hydrogens is 365 g/mol. The summed E-state index contributed by atoms with van der Waals surface area (Å²) in [6.07, 6.45) is -0.229. The third kappa shape index (κ3) is 6.82. The molecular formula is C15H21F3O4S2. The van der Waals surface area contributed by atoms with Gasteiger partial charge in [-0.05, 0) is 31.1 Å². The van der Waals surface area contributed by atoms with Crippen molar-refractivity contribution in [2.24, 2.45) is 0 Å². The van der Waals surface area contributed by atoms with Gasteiger partial charge in [0, 0.05) is 5.56 Å². The largest absolute Gasteiger partial charge is 0.416 e. The Labute approximate surface area is 142 Å². The van der Waals surface area contributed by atoms with E-state index in [4.69, 9.17) is 3.63 Å². The molecule has 0 heterocycles. The monoisotopic (exact) mass is 386 g/mol. The van der Waals surface area contributed by atoms with Gasteiger partial charge in [-0.2, -0.15) is 21.6 Å². The van der Waals surface area contributed by atoms with E-state index >= 15 is 0 Å². The van der Waals surface area contributed by atoms with Gasteiger partial charge in [-0.1, -0.05) is 25.5 Å². The van der Waals surface area contributed by atoms with E-state index in [0.29, 0.717) is 12.8 Å². The van der Waals surface area contributed by atoms with E-state index in [9.17, 15) is 26.4 Å². The van der Waals surface area contributed by atoms with Crippen LogP contribution in [-0.4, -0.2) is 38.2 Å². The topological polar surface area (TPSA) is 60.4 Å². The number of rotatable bonds is 8. The normalized spacial score (nSPS) is 13.8. The average Bonchev–Trinajstić information content (AvgIpc) is 2.42. The summed E-state index contributed by atoms with van der Waals surface area (Å²) < 4.78 is 66.4. The third-order valence-corrected chi connectivity index (χ3v) is 7.10. The van der Waals surface area contributed by atoms with Crippen LogP contribution in [0.25, 0.3) is 0 Å². The Morgan fingerprint density at radius 3 is 2.12 bits per heavy atom. The molecule has 0 fully saturated rings. The number of hydrogen-bond acceptors (Lipinski definition) is 4. The van der Waals surface area contributed by atoms with Crippen molar-refractivity contribution in [3.8, 4) is 0 Å². The predicted octanol–water partition coefficient (Wildman–Crippen LogP) is 4.01. The molecule has 0 saturated heterocycles. The fourth-order valence-electron chi connectivity index (χ4n) is 1.90. The Morgan fingerprint density at radius 1 is 1.12 bits per heavy atom. The summed E-state index contributed by atoms with van der Waals surface area (Å²) in [6.45, 7) is 1.85. The second kappa shape index (κ2) is 7.88. The van der Waals surface area contributed by atoms with Crippen LogP contribution in [0.1, 0.15) is 35.7 Å². The van der Waals surface area contributed by atoms with Crippen LogP contribution in [0.4, 0.5) is 13.2 Å². The summed E-state index contributed by atoms with van der Waals surface area (Å²) in [4.78, 5) is 12.2. The lowest BCUT2D eigenvalue weighted by Gasteiger charge is -2.29. The van der Waals surface area contributed by atoms with Crippen LogP contribution >= 0.6 is 10.3 Å². The molecule has 9 heteroatoms. The summed E-state index contributed by atoms with van der Waals surface area (Å²) in [7, 11) is -5.93. The van der Waals surface area contributed by atoms with Crippen molar-refractivity contribution in [1.29, 1.82) is 0 Å². The number of carbonyl (C=O) groups is 1. The van der Waals surface area contributed by atoms with E-state index in [1.165, 1.54) is 0 Å². The van der Waals surface area contributed by atoms with Gasteiger partial charge >= 0.3 is 6.18 Å². The smallest absolute Gasteiger partial charge is 0.293 e. The molecule has 0 unspecified atom stereocenters. The Balaban J connectivity index is 2.78. The maximum absolute atomic E-state index is 12.5. The SMILES string of the molecule is CCCCS(=O)(=O)OS(C)(C)CC(=O)c1ccc(C(F)(F)F)cc1. The fraction of sp³-hybridized carbons (Fsp3) is 0.533. The molecule has 1 aromatic rings. The zero-order chi connectivity index (χ0) is 18.6. The Morgan fingerprint density at radius 2 is 1.67 bits per heavy atom. The maximum atomic E-state index is 12.5. The maximum Gasteiger partial charge on any atom is 0.416 e. The second-order valence-electron chi connectivity index (χ2n) is 5.76. The first-order valence-corrected chi connectivity index (χ1v) is 11.3. The van der Waals surface area contributed by atoms with Crippen molar-refractivity contribution in [1.82, 2.24) is 0 Å². The number of hydrogen-bond donors (Lipinski definition) is 0. The summed E-state index contributed by atoms with van der Waals surface area (Å²) in [5.41, 5.74) is -0.748. The van der Waals surface area contributed by atoms with Crippen molar-refractivity contribution < 1.29 is 30.0 Å². The standard InChI is InChI=1S/C15H21F3O4S2/c1-4-5-10-24(20,21)22-23(2,3)11-14(19)12-6-8-13(9-7-12)15(16,17)18/h6-9H,4-5,10-11H2,1-3H3. The predicted molar refractivity (Wildman–Crippen MR) is 89.9 cm³/mol. The molecule has 1 aromatic carbocycles. The second-order valence-corrected chi connectivity index (χ2v) is 11.0. The van der Waals surface area contributed by atoms with Gasteiger partial charge in [0.25, 0.3) is 10.1 Å². The molecule has 0 bridgehead atoms. The Bertz CT molecular complexity index is 665. The first-order valence-electron chi connectivity index (χ1n) is 7.21. The van der Waals surface area contributed by atoms with Gasteiger partial charge in [0.15, 0.2) is 5.78 Å². The molecule has 0 aliphatic rings. The van der Waals surface area contributed by atoms with E-state index in [2.05, 4.69) is 0 Å². The van der Waals surface area contributed by atoms with Crippen molar-refractivity contribution in [3.63, 3.8) is 0 Å². The lowest BCUT2D eigenvalue weighted by molar-refractivity contribution is -0.137. The molecule has 0 amide bonds. The number of ketones is 1. The fourth-order valence-corrected chi connectivity index (χ4v) is 6.05. The van der Waals surface area contributed by atoms with Crippen LogP contribution < -0.4 is 0 Å². The first-order chi connectivity index (χ1) is 10.9. The number of halogens is 3. The molecule has 4 nitrogen and oxygen atoms in total. The van der Waals surface area contributed by atoms with Crippen LogP contribution in [0.2, 0.25) is 0 Å². The molecule has 0 saturated carbocycles. The van der Waals surface area contributed by atoms with E-state index in [-0.39, 0.29) is 17.1 Å². The highest BCUT2D eigenvalue weighted by Crippen LogP contribution is 2.43. The number of carbonyl (C=O) groups excluding carboxylic acids is 1. The van der Waals surface area contributed by atoms with Gasteiger partial charge in [0.05, 0.1) is 17.1 Å². The van der Waals surface area contributed by atoms with Gasteiger partial charge in [0.2, 0.25) is 0 Å². The third-order valence-electron chi connectivity index (χ3n) is 3.05. The summed E-state index contributed by atoms with van der Waals surface area (Å²) in [5.74, 6) is -0.743. The summed E-state index contributed by atoms with van der Waals surface area (Å²) >= 11 is 0. The highest BCUT2D eigenvalue weighted by Gasteiger charge is 2.31. The summed E-state index contributed by atoms with van der Waals surface area (Å²) in [6, 6.07) is 3.83. The van der Waals surface area contributed by atoms with Gasteiger partial charge < -0.3 is 0 Å². The van der Waals surface area contributed by atoms with Crippen molar-refractivity contribution in [2.75, 3.05) is 24.0 Å². The van der Waals surface area contributed by atoms with Crippen LogP contribution in [-0.2, 0) is 19.9 Å². The molecule has 0 atom stereocenters. The van der Waals surface area contributed by atoms with Gasteiger partial charge in [-0.25, -0.2) is 3.63 Å². The molecule has 0 radical (unpaired) electrons. The number of benzene rings is 1. The van der Waals surface area contributed by atoms with Crippen molar-refractivity contribution >= 4 is 26.2 Å².